The van der Waals surface area contributed by atoms with Crippen LogP contribution in [0.2, 0.25) is 0 Å². The monoisotopic (exact) mass is 409 g/mol. The summed E-state index contributed by atoms with van der Waals surface area (Å²) in [6, 6.07) is 8.94. The zero-order valence-electron chi connectivity index (χ0n) is 13.0. The predicted octanol–water partition coefficient (Wildman–Crippen LogP) is 3.96. The molecule has 0 aliphatic heterocycles. The number of carbonyl (C=O) groups excluding carboxylic acids is 3. The second kappa shape index (κ2) is 8.75. The Labute approximate surface area is 152 Å². The Morgan fingerprint density at radius 1 is 1.21 bits per heavy atom. The van der Waals surface area contributed by atoms with Crippen LogP contribution in [0.25, 0.3) is 0 Å². The van der Waals surface area contributed by atoms with Crippen LogP contribution in [-0.2, 0) is 14.3 Å². The Bertz CT molecular complexity index is 743. The van der Waals surface area contributed by atoms with Gasteiger partial charge >= 0.3 is 5.97 Å². The van der Waals surface area contributed by atoms with Crippen LogP contribution in [-0.4, -0.2) is 24.3 Å². The van der Waals surface area contributed by atoms with Crippen molar-refractivity contribution in [3.63, 3.8) is 0 Å². The lowest BCUT2D eigenvalue weighted by Crippen LogP contribution is -2.21. The molecule has 0 radical (unpaired) electrons. The number of thiophene rings is 1. The third-order valence-electron chi connectivity index (χ3n) is 3.18. The molecule has 0 aliphatic carbocycles. The SMILES string of the molecule is Cc1cc(Br)ccc1NC(=O)COC(=O)CCC(=O)c1cccs1. The average Bonchev–Trinajstić information content (AvgIpc) is 3.08. The second-order valence-corrected chi connectivity index (χ2v) is 6.93. The summed E-state index contributed by atoms with van der Waals surface area (Å²) in [6.07, 6.45) is 0.0358. The molecule has 0 atom stereocenters. The summed E-state index contributed by atoms with van der Waals surface area (Å²) < 4.78 is 5.81. The normalized spacial score (nSPS) is 10.2. The molecule has 1 heterocycles. The van der Waals surface area contributed by atoms with Gasteiger partial charge in [0.15, 0.2) is 12.4 Å². The molecule has 24 heavy (non-hydrogen) atoms. The Kier molecular flexibility index (Phi) is 6.69. The standard InChI is InChI=1S/C17H16BrNO4S/c1-11-9-12(18)4-5-13(11)19-16(21)10-23-17(22)7-6-14(20)15-3-2-8-24-15/h2-5,8-9H,6-7,10H2,1H3,(H,19,21). The van der Waals surface area contributed by atoms with Gasteiger partial charge in [-0.3, -0.25) is 14.4 Å². The highest BCUT2D eigenvalue weighted by atomic mass is 79.9. The molecule has 2 aromatic rings. The van der Waals surface area contributed by atoms with Gasteiger partial charge in [-0.1, -0.05) is 22.0 Å². The smallest absolute Gasteiger partial charge is 0.306 e. The van der Waals surface area contributed by atoms with Gasteiger partial charge in [0.1, 0.15) is 0 Å². The van der Waals surface area contributed by atoms with E-state index in [1.165, 1.54) is 11.3 Å². The number of carbonyl (C=O) groups is 3. The van der Waals surface area contributed by atoms with E-state index in [9.17, 15) is 14.4 Å². The van der Waals surface area contributed by atoms with Gasteiger partial charge in [0.25, 0.3) is 5.91 Å². The topological polar surface area (TPSA) is 72.5 Å². The molecule has 1 amide bonds. The molecule has 1 aromatic heterocycles. The molecule has 1 N–H and O–H groups in total. The molecule has 1 aromatic carbocycles. The van der Waals surface area contributed by atoms with Crippen molar-refractivity contribution in [1.82, 2.24) is 0 Å². The number of amides is 1. The van der Waals surface area contributed by atoms with E-state index in [-0.39, 0.29) is 25.2 Å². The minimum Gasteiger partial charge on any atom is -0.456 e. The summed E-state index contributed by atoms with van der Waals surface area (Å²) in [7, 11) is 0. The Balaban J connectivity index is 1.73. The van der Waals surface area contributed by atoms with Gasteiger partial charge in [0.2, 0.25) is 0 Å². The minimum absolute atomic E-state index is 0.0404. The highest BCUT2D eigenvalue weighted by Gasteiger charge is 2.13. The van der Waals surface area contributed by atoms with Crippen molar-refractivity contribution in [2.45, 2.75) is 19.8 Å². The van der Waals surface area contributed by atoms with Crippen LogP contribution in [0.15, 0.2) is 40.2 Å². The number of hydrogen-bond donors (Lipinski definition) is 1. The molecule has 7 heteroatoms. The molecule has 0 spiro atoms. The van der Waals surface area contributed by atoms with E-state index in [0.717, 1.165) is 10.0 Å². The molecule has 0 fully saturated rings. The van der Waals surface area contributed by atoms with Crippen molar-refractivity contribution in [1.29, 1.82) is 0 Å². The number of hydrogen-bond acceptors (Lipinski definition) is 5. The summed E-state index contributed by atoms with van der Waals surface area (Å²) in [5, 5.41) is 4.48. The molecule has 0 bridgehead atoms. The zero-order chi connectivity index (χ0) is 17.5. The molecule has 0 saturated carbocycles. The Morgan fingerprint density at radius 3 is 2.67 bits per heavy atom. The quantitative estimate of drug-likeness (QED) is 0.554. The van der Waals surface area contributed by atoms with Crippen molar-refractivity contribution in [2.24, 2.45) is 0 Å². The van der Waals surface area contributed by atoms with E-state index >= 15 is 0 Å². The van der Waals surface area contributed by atoms with Gasteiger partial charge in [-0.2, -0.15) is 0 Å². The van der Waals surface area contributed by atoms with Gasteiger partial charge in [-0.25, -0.2) is 0 Å². The first-order chi connectivity index (χ1) is 11.5. The lowest BCUT2D eigenvalue weighted by Gasteiger charge is -2.09. The van der Waals surface area contributed by atoms with Gasteiger partial charge < -0.3 is 10.1 Å². The van der Waals surface area contributed by atoms with Crippen LogP contribution >= 0.6 is 27.3 Å². The molecular weight excluding hydrogens is 394 g/mol. The van der Waals surface area contributed by atoms with Crippen LogP contribution in [0.3, 0.4) is 0 Å². The number of ketones is 1. The third kappa shape index (κ3) is 5.58. The highest BCUT2D eigenvalue weighted by molar-refractivity contribution is 9.10. The molecular formula is C17H16BrNO4S. The number of Topliss-reactive ketones (excluding diaryl/α,β-unsaturated/α-hetero) is 1. The maximum atomic E-state index is 11.8. The number of rotatable bonds is 7. The second-order valence-electron chi connectivity index (χ2n) is 5.07. The lowest BCUT2D eigenvalue weighted by molar-refractivity contribution is -0.147. The summed E-state index contributed by atoms with van der Waals surface area (Å²) in [4.78, 5) is 35.8. The van der Waals surface area contributed by atoms with Crippen LogP contribution in [0.5, 0.6) is 0 Å². The minimum atomic E-state index is -0.567. The van der Waals surface area contributed by atoms with Crippen molar-refractivity contribution in [2.75, 3.05) is 11.9 Å². The van der Waals surface area contributed by atoms with Crippen molar-refractivity contribution >= 4 is 50.6 Å². The maximum Gasteiger partial charge on any atom is 0.306 e. The Hall–Kier alpha value is -1.99. The fourth-order valence-electron chi connectivity index (χ4n) is 1.95. The number of anilines is 1. The summed E-state index contributed by atoms with van der Waals surface area (Å²) >= 11 is 4.68. The number of nitrogens with one attached hydrogen (secondary N) is 1. The summed E-state index contributed by atoms with van der Waals surface area (Å²) in [6.45, 7) is 1.49. The van der Waals surface area contributed by atoms with Gasteiger partial charge in [0.05, 0.1) is 11.3 Å². The van der Waals surface area contributed by atoms with Gasteiger partial charge in [-0.15, -0.1) is 11.3 Å². The van der Waals surface area contributed by atoms with Crippen LogP contribution < -0.4 is 5.32 Å². The summed E-state index contributed by atoms with van der Waals surface area (Å²) in [5.74, 6) is -1.09. The van der Waals surface area contributed by atoms with E-state index in [2.05, 4.69) is 21.2 Å². The number of ether oxygens (including phenoxy) is 1. The predicted molar refractivity (Wildman–Crippen MR) is 96.4 cm³/mol. The Morgan fingerprint density at radius 2 is 2.00 bits per heavy atom. The highest BCUT2D eigenvalue weighted by Crippen LogP contribution is 2.20. The molecule has 0 unspecified atom stereocenters. The number of halogens is 1. The zero-order valence-corrected chi connectivity index (χ0v) is 15.4. The van der Waals surface area contributed by atoms with Crippen LogP contribution in [0.1, 0.15) is 28.1 Å². The maximum absolute atomic E-state index is 11.8. The van der Waals surface area contributed by atoms with Crippen molar-refractivity contribution in [3.05, 3.63) is 50.6 Å². The first kappa shape index (κ1) is 18.4. The van der Waals surface area contributed by atoms with E-state index in [4.69, 9.17) is 4.74 Å². The number of aryl methyl sites for hydroxylation is 1. The van der Waals surface area contributed by atoms with Crippen molar-refractivity contribution in [3.8, 4) is 0 Å². The number of esters is 1. The van der Waals surface area contributed by atoms with Crippen molar-refractivity contribution < 1.29 is 19.1 Å². The first-order valence-corrected chi connectivity index (χ1v) is 8.91. The number of benzene rings is 1. The third-order valence-corrected chi connectivity index (χ3v) is 4.58. The fourth-order valence-corrected chi connectivity index (χ4v) is 3.12. The van der Waals surface area contributed by atoms with Crippen LogP contribution in [0, 0.1) is 6.92 Å². The molecule has 0 saturated heterocycles. The largest absolute Gasteiger partial charge is 0.456 e. The van der Waals surface area contributed by atoms with E-state index in [1.807, 2.05) is 19.1 Å². The molecule has 126 valence electrons. The van der Waals surface area contributed by atoms with E-state index in [0.29, 0.717) is 10.6 Å². The first-order valence-electron chi connectivity index (χ1n) is 7.24. The molecule has 0 aliphatic rings. The van der Waals surface area contributed by atoms with Gasteiger partial charge in [-0.05, 0) is 42.1 Å². The van der Waals surface area contributed by atoms with E-state index in [1.54, 1.807) is 23.6 Å². The summed E-state index contributed by atoms with van der Waals surface area (Å²) in [5.41, 5.74) is 1.55. The molecule has 5 nitrogen and oxygen atoms in total. The van der Waals surface area contributed by atoms with Crippen LogP contribution in [0.4, 0.5) is 5.69 Å². The fraction of sp³-hybridized carbons (Fsp3) is 0.235. The van der Waals surface area contributed by atoms with E-state index < -0.39 is 11.9 Å². The van der Waals surface area contributed by atoms with Gasteiger partial charge in [0, 0.05) is 16.6 Å². The lowest BCUT2D eigenvalue weighted by atomic mass is 10.2. The molecule has 2 rings (SSSR count). The average molecular weight is 410 g/mol.